The van der Waals surface area contributed by atoms with Crippen LogP contribution in [0.1, 0.15) is 0 Å². The lowest BCUT2D eigenvalue weighted by Crippen LogP contribution is -2.46. The van der Waals surface area contributed by atoms with Crippen molar-refractivity contribution in [3.63, 3.8) is 0 Å². The number of amides is 2. The number of nitrogens with zero attached hydrogens (tertiary/aromatic N) is 2. The van der Waals surface area contributed by atoms with Crippen LogP contribution in [0, 0.1) is 0 Å². The van der Waals surface area contributed by atoms with Crippen molar-refractivity contribution in [1.29, 1.82) is 0 Å². The monoisotopic (exact) mass is 302 g/mol. The molecular formula is C13H19ClN2O4. The zero-order valence-electron chi connectivity index (χ0n) is 11.3. The number of hydrogen-bond donors (Lipinski definition) is 0. The van der Waals surface area contributed by atoms with Crippen LogP contribution in [0.3, 0.4) is 0 Å². The van der Waals surface area contributed by atoms with E-state index in [0.29, 0.717) is 32.4 Å². The normalized spacial score (nSPS) is 18.8. The molecule has 0 N–H and O–H groups in total. The highest BCUT2D eigenvalue weighted by Crippen LogP contribution is 2.06. The van der Waals surface area contributed by atoms with Gasteiger partial charge in [-0.15, -0.1) is 11.6 Å². The average Bonchev–Trinajstić information content (AvgIpc) is 2.79. The molecule has 2 aliphatic rings. The summed E-state index contributed by atoms with van der Waals surface area (Å²) in [5.74, 6) is 0.0921. The van der Waals surface area contributed by atoms with E-state index in [9.17, 15) is 9.59 Å². The first-order valence-corrected chi connectivity index (χ1v) is 6.84. The Morgan fingerprint density at radius 1 is 1.30 bits per heavy atom. The van der Waals surface area contributed by atoms with Crippen LogP contribution in [0.2, 0.25) is 0 Å². The van der Waals surface area contributed by atoms with Crippen LogP contribution in [0.25, 0.3) is 0 Å². The van der Waals surface area contributed by atoms with Crippen molar-refractivity contribution in [1.82, 2.24) is 9.80 Å². The average molecular weight is 303 g/mol. The van der Waals surface area contributed by atoms with E-state index in [1.165, 1.54) is 23.3 Å². The maximum absolute atomic E-state index is 11.2. The summed E-state index contributed by atoms with van der Waals surface area (Å²) in [6, 6.07) is 0. The lowest BCUT2D eigenvalue weighted by Gasteiger charge is -2.29. The summed E-state index contributed by atoms with van der Waals surface area (Å²) < 4.78 is 9.79. The molecule has 1 fully saturated rings. The molecule has 2 rings (SSSR count). The lowest BCUT2D eigenvalue weighted by atomic mass is 10.4. The number of carbonyl (C=O) groups is 2. The van der Waals surface area contributed by atoms with Gasteiger partial charge in [0.1, 0.15) is 6.61 Å². The zero-order valence-corrected chi connectivity index (χ0v) is 12.1. The van der Waals surface area contributed by atoms with Crippen molar-refractivity contribution in [2.45, 2.75) is 0 Å². The molecule has 0 atom stereocenters. The summed E-state index contributed by atoms with van der Waals surface area (Å²) in [6.45, 7) is 7.15. The van der Waals surface area contributed by atoms with Crippen molar-refractivity contribution in [3.8, 4) is 0 Å². The van der Waals surface area contributed by atoms with E-state index < -0.39 is 0 Å². The molecule has 6 nitrogen and oxygen atoms in total. The molecule has 0 unspecified atom stereocenters. The molecule has 2 amide bonds. The van der Waals surface area contributed by atoms with Gasteiger partial charge >= 0.3 is 0 Å². The van der Waals surface area contributed by atoms with Gasteiger partial charge in [-0.05, 0) is 0 Å². The Hall–Kier alpha value is -1.37. The van der Waals surface area contributed by atoms with E-state index in [-0.39, 0.29) is 11.8 Å². The van der Waals surface area contributed by atoms with Crippen LogP contribution in [0.5, 0.6) is 0 Å². The number of morpholine rings is 1. The van der Waals surface area contributed by atoms with E-state index in [0.717, 1.165) is 13.1 Å². The Kier molecular flexibility index (Phi) is 7.94. The van der Waals surface area contributed by atoms with Crippen molar-refractivity contribution >= 4 is 23.4 Å². The Morgan fingerprint density at radius 3 is 2.35 bits per heavy atom. The van der Waals surface area contributed by atoms with Crippen LogP contribution >= 0.6 is 11.6 Å². The molecule has 1 saturated heterocycles. The van der Waals surface area contributed by atoms with Gasteiger partial charge in [0, 0.05) is 25.2 Å². The molecule has 2 heterocycles. The third kappa shape index (κ3) is 5.73. The summed E-state index contributed by atoms with van der Waals surface area (Å²) in [6.07, 6.45) is 3.99. The molecule has 112 valence electrons. The second-order valence-corrected chi connectivity index (χ2v) is 4.41. The first kappa shape index (κ1) is 16.7. The van der Waals surface area contributed by atoms with Gasteiger partial charge in [0.2, 0.25) is 0 Å². The van der Waals surface area contributed by atoms with Gasteiger partial charge in [-0.2, -0.15) is 0 Å². The number of imide groups is 1. The SMILES string of the molecule is C=COCCCl.O=C1C=CC(=O)N1CN1CCOCC1. The van der Waals surface area contributed by atoms with E-state index in [2.05, 4.69) is 11.3 Å². The standard InChI is InChI=1S/C9H12N2O3.C4H7ClO/c12-8-1-2-9(13)11(8)7-10-3-5-14-6-4-10;1-2-6-4-3-5/h1-2H,3-7H2;2H,1,3-4H2. The lowest BCUT2D eigenvalue weighted by molar-refractivity contribution is -0.140. The second kappa shape index (κ2) is 9.52. The van der Waals surface area contributed by atoms with Crippen LogP contribution in [0.15, 0.2) is 25.0 Å². The predicted octanol–water partition coefficient (Wildman–Crippen LogP) is 0.586. The first-order chi connectivity index (χ1) is 9.69. The van der Waals surface area contributed by atoms with E-state index in [1.807, 2.05) is 4.90 Å². The van der Waals surface area contributed by atoms with Gasteiger partial charge in [0.15, 0.2) is 0 Å². The number of ether oxygens (including phenoxy) is 2. The highest BCUT2D eigenvalue weighted by atomic mass is 35.5. The van der Waals surface area contributed by atoms with Gasteiger partial charge in [-0.25, -0.2) is 0 Å². The molecule has 7 heteroatoms. The van der Waals surface area contributed by atoms with Gasteiger partial charge in [-0.3, -0.25) is 19.4 Å². The number of hydrogen-bond acceptors (Lipinski definition) is 5. The summed E-state index contributed by atoms with van der Waals surface area (Å²) in [4.78, 5) is 25.7. The Labute approximate surface area is 123 Å². The van der Waals surface area contributed by atoms with Crippen LogP contribution in [-0.2, 0) is 19.1 Å². The minimum atomic E-state index is -0.221. The van der Waals surface area contributed by atoms with Crippen molar-refractivity contribution < 1.29 is 19.1 Å². The first-order valence-electron chi connectivity index (χ1n) is 6.31. The molecule has 0 aromatic heterocycles. The van der Waals surface area contributed by atoms with Gasteiger partial charge < -0.3 is 9.47 Å². The molecule has 0 radical (unpaired) electrons. The minimum Gasteiger partial charge on any atom is -0.501 e. The molecule has 20 heavy (non-hydrogen) atoms. The minimum absolute atomic E-state index is 0.221. The fourth-order valence-electron chi connectivity index (χ4n) is 1.64. The van der Waals surface area contributed by atoms with Crippen molar-refractivity contribution in [2.75, 3.05) is 45.5 Å². The second-order valence-electron chi connectivity index (χ2n) is 4.04. The number of alkyl halides is 1. The smallest absolute Gasteiger partial charge is 0.254 e. The molecule has 0 aliphatic carbocycles. The molecular weight excluding hydrogens is 284 g/mol. The van der Waals surface area contributed by atoms with Crippen LogP contribution < -0.4 is 0 Å². The summed E-state index contributed by atoms with van der Waals surface area (Å²) in [7, 11) is 0. The maximum atomic E-state index is 11.2. The number of carbonyl (C=O) groups excluding carboxylic acids is 2. The molecule has 0 aromatic carbocycles. The van der Waals surface area contributed by atoms with Crippen LogP contribution in [0.4, 0.5) is 0 Å². The fourth-order valence-corrected chi connectivity index (χ4v) is 1.73. The van der Waals surface area contributed by atoms with Gasteiger partial charge in [-0.1, -0.05) is 6.58 Å². The third-order valence-electron chi connectivity index (χ3n) is 2.66. The number of rotatable bonds is 5. The summed E-state index contributed by atoms with van der Waals surface area (Å²) in [5, 5.41) is 0. The zero-order chi connectivity index (χ0) is 14.8. The van der Waals surface area contributed by atoms with E-state index >= 15 is 0 Å². The topological polar surface area (TPSA) is 59.1 Å². The number of halogens is 1. The third-order valence-corrected chi connectivity index (χ3v) is 2.81. The molecule has 0 saturated carbocycles. The Morgan fingerprint density at radius 2 is 1.90 bits per heavy atom. The van der Waals surface area contributed by atoms with Crippen LogP contribution in [-0.4, -0.2) is 67.1 Å². The fraction of sp³-hybridized carbons (Fsp3) is 0.538. The maximum Gasteiger partial charge on any atom is 0.254 e. The largest absolute Gasteiger partial charge is 0.501 e. The van der Waals surface area contributed by atoms with Gasteiger partial charge in [0.25, 0.3) is 11.8 Å². The van der Waals surface area contributed by atoms with Crippen molar-refractivity contribution in [2.24, 2.45) is 0 Å². The predicted molar refractivity (Wildman–Crippen MR) is 75.1 cm³/mol. The quantitative estimate of drug-likeness (QED) is 0.322. The summed E-state index contributed by atoms with van der Waals surface area (Å²) >= 11 is 5.21. The molecule has 0 bridgehead atoms. The van der Waals surface area contributed by atoms with E-state index in [1.54, 1.807) is 0 Å². The highest BCUT2D eigenvalue weighted by molar-refractivity contribution is 6.18. The van der Waals surface area contributed by atoms with Gasteiger partial charge in [0.05, 0.1) is 32.0 Å². The Balaban J connectivity index is 0.000000286. The summed E-state index contributed by atoms with van der Waals surface area (Å²) in [5.41, 5.74) is 0. The van der Waals surface area contributed by atoms with Crippen molar-refractivity contribution in [3.05, 3.63) is 25.0 Å². The Bertz CT molecular complexity index is 349. The molecule has 2 aliphatic heterocycles. The highest BCUT2D eigenvalue weighted by Gasteiger charge is 2.25. The molecule has 0 spiro atoms. The van der Waals surface area contributed by atoms with E-state index in [4.69, 9.17) is 16.3 Å². The molecule has 0 aromatic rings.